The molecule has 3 nitrogen and oxygen atoms in total. The maximum absolute atomic E-state index is 6.77. The number of nitrogens with zero attached hydrogens (tertiary/aromatic N) is 2. The molecule has 0 aliphatic carbocycles. The topological polar surface area (TPSA) is 19.6 Å². The summed E-state index contributed by atoms with van der Waals surface area (Å²) in [6.45, 7) is 4.24. The second-order valence-electron chi connectivity index (χ2n) is 11.6. The number of benzene rings is 7. The zero-order chi connectivity index (χ0) is 30.3. The number of aryl methyl sites for hydroxylation is 2. The first-order valence-electron chi connectivity index (χ1n) is 15.4. The van der Waals surface area contributed by atoms with Crippen LogP contribution in [0.25, 0.3) is 32.7 Å². The molecule has 216 valence electrons. The van der Waals surface area contributed by atoms with E-state index in [-0.39, 0.29) is 0 Å². The summed E-state index contributed by atoms with van der Waals surface area (Å²) in [5.41, 5.74) is 10.7. The van der Waals surface area contributed by atoms with Crippen molar-refractivity contribution in [1.29, 1.82) is 0 Å². The molecule has 1 heterocycles. The molecule has 45 heavy (non-hydrogen) atoms. The van der Waals surface area contributed by atoms with Gasteiger partial charge in [-0.2, -0.15) is 0 Å². The standard InChI is InChI=1S/C42H32N2O/c1-29-17-21-33(22-18-29)43(31-11-5-3-6-12-31)35-25-26-38-40(27-35)45-41-28-39(36-15-9-10-16-37(36)42(38)41)44(32-13-7-4-8-14-32)34-23-19-30(2)20-24-34/h3-28H,1-2H3. The quantitative estimate of drug-likeness (QED) is 0.195. The van der Waals surface area contributed by atoms with Crippen molar-refractivity contribution in [3.63, 3.8) is 0 Å². The van der Waals surface area contributed by atoms with E-state index in [0.29, 0.717) is 0 Å². The first kappa shape index (κ1) is 26.8. The number of anilines is 6. The minimum Gasteiger partial charge on any atom is -0.456 e. The lowest BCUT2D eigenvalue weighted by atomic mass is 10.0. The fraction of sp³-hybridized carbons (Fsp3) is 0.0476. The number of furan rings is 1. The van der Waals surface area contributed by atoms with Crippen molar-refractivity contribution in [3.8, 4) is 0 Å². The fourth-order valence-corrected chi connectivity index (χ4v) is 6.35. The number of hydrogen-bond acceptors (Lipinski definition) is 3. The van der Waals surface area contributed by atoms with Gasteiger partial charge in [-0.3, -0.25) is 0 Å². The lowest BCUT2D eigenvalue weighted by molar-refractivity contribution is 0.669. The molecule has 1 aromatic heterocycles. The number of fused-ring (bicyclic) bond motifs is 5. The first-order chi connectivity index (χ1) is 22.1. The highest BCUT2D eigenvalue weighted by Gasteiger charge is 2.21. The summed E-state index contributed by atoms with van der Waals surface area (Å²) in [6.07, 6.45) is 0. The Morgan fingerprint density at radius 2 is 0.867 bits per heavy atom. The van der Waals surface area contributed by atoms with Crippen LogP contribution in [0.1, 0.15) is 11.1 Å². The van der Waals surface area contributed by atoms with Crippen LogP contribution in [-0.2, 0) is 0 Å². The van der Waals surface area contributed by atoms with Crippen molar-refractivity contribution in [1.82, 2.24) is 0 Å². The second-order valence-corrected chi connectivity index (χ2v) is 11.6. The molecule has 0 atom stereocenters. The molecular weight excluding hydrogens is 548 g/mol. The molecule has 0 aliphatic heterocycles. The van der Waals surface area contributed by atoms with Crippen LogP contribution in [-0.4, -0.2) is 0 Å². The summed E-state index contributed by atoms with van der Waals surface area (Å²) in [5.74, 6) is 0. The third-order valence-electron chi connectivity index (χ3n) is 8.55. The Kier molecular flexibility index (Phi) is 6.57. The van der Waals surface area contributed by atoms with Crippen LogP contribution in [0.2, 0.25) is 0 Å². The van der Waals surface area contributed by atoms with Crippen LogP contribution in [0, 0.1) is 13.8 Å². The zero-order valence-corrected chi connectivity index (χ0v) is 25.3. The van der Waals surface area contributed by atoms with Crippen LogP contribution in [0.4, 0.5) is 34.1 Å². The van der Waals surface area contributed by atoms with Crippen LogP contribution in [0.3, 0.4) is 0 Å². The smallest absolute Gasteiger partial charge is 0.138 e. The van der Waals surface area contributed by atoms with Crippen molar-refractivity contribution in [3.05, 3.63) is 169 Å². The molecule has 8 rings (SSSR count). The van der Waals surface area contributed by atoms with E-state index in [0.717, 1.165) is 56.1 Å². The van der Waals surface area contributed by atoms with E-state index in [4.69, 9.17) is 4.42 Å². The largest absolute Gasteiger partial charge is 0.456 e. The van der Waals surface area contributed by atoms with Gasteiger partial charge >= 0.3 is 0 Å². The molecule has 8 aromatic rings. The third-order valence-corrected chi connectivity index (χ3v) is 8.55. The van der Waals surface area contributed by atoms with Crippen LogP contribution >= 0.6 is 0 Å². The Morgan fingerprint density at radius 3 is 1.49 bits per heavy atom. The average Bonchev–Trinajstić information content (AvgIpc) is 3.46. The van der Waals surface area contributed by atoms with Gasteiger partial charge in [-0.25, -0.2) is 0 Å². The van der Waals surface area contributed by atoms with Crippen LogP contribution in [0.5, 0.6) is 0 Å². The van der Waals surface area contributed by atoms with E-state index in [9.17, 15) is 0 Å². The molecule has 0 fully saturated rings. The van der Waals surface area contributed by atoms with Gasteiger partial charge in [-0.1, -0.05) is 96.1 Å². The third kappa shape index (κ3) is 4.79. The van der Waals surface area contributed by atoms with Crippen molar-refractivity contribution < 1.29 is 4.42 Å². The van der Waals surface area contributed by atoms with Crippen molar-refractivity contribution in [2.45, 2.75) is 13.8 Å². The number of hydrogen-bond donors (Lipinski definition) is 0. The van der Waals surface area contributed by atoms with Gasteiger partial charge in [0.1, 0.15) is 11.2 Å². The highest BCUT2D eigenvalue weighted by molar-refractivity contribution is 6.22. The van der Waals surface area contributed by atoms with Gasteiger partial charge < -0.3 is 14.2 Å². The maximum Gasteiger partial charge on any atom is 0.138 e. The van der Waals surface area contributed by atoms with Crippen LogP contribution in [0.15, 0.2) is 162 Å². The first-order valence-corrected chi connectivity index (χ1v) is 15.4. The van der Waals surface area contributed by atoms with Gasteiger partial charge in [0.2, 0.25) is 0 Å². The lowest BCUT2D eigenvalue weighted by Gasteiger charge is -2.27. The molecule has 0 unspecified atom stereocenters. The predicted molar refractivity (Wildman–Crippen MR) is 190 cm³/mol. The van der Waals surface area contributed by atoms with Crippen molar-refractivity contribution >= 4 is 66.8 Å². The summed E-state index contributed by atoms with van der Waals surface area (Å²) in [5, 5.41) is 4.58. The Balaban J connectivity index is 1.35. The Bertz CT molecular complexity index is 2270. The van der Waals surface area contributed by atoms with Gasteiger partial charge in [0, 0.05) is 56.7 Å². The van der Waals surface area contributed by atoms with E-state index < -0.39 is 0 Å². The van der Waals surface area contributed by atoms with Gasteiger partial charge in [-0.05, 0) is 79.9 Å². The maximum atomic E-state index is 6.77. The summed E-state index contributed by atoms with van der Waals surface area (Å²) >= 11 is 0. The number of para-hydroxylation sites is 2. The molecular formula is C42H32N2O. The van der Waals surface area contributed by atoms with Gasteiger partial charge in [0.05, 0.1) is 5.69 Å². The Hall–Kier alpha value is -5.80. The molecule has 0 bridgehead atoms. The number of rotatable bonds is 6. The average molecular weight is 581 g/mol. The minimum absolute atomic E-state index is 0.861. The molecule has 0 spiro atoms. The van der Waals surface area contributed by atoms with Gasteiger partial charge in [0.15, 0.2) is 0 Å². The van der Waals surface area contributed by atoms with E-state index >= 15 is 0 Å². The molecule has 0 N–H and O–H groups in total. The summed E-state index contributed by atoms with van der Waals surface area (Å²) in [4.78, 5) is 4.61. The van der Waals surface area contributed by atoms with E-state index in [1.165, 1.54) is 21.9 Å². The highest BCUT2D eigenvalue weighted by Crippen LogP contribution is 2.45. The molecule has 0 saturated carbocycles. The second kappa shape index (κ2) is 11.0. The molecule has 0 aliphatic rings. The molecule has 3 heteroatoms. The molecule has 0 saturated heterocycles. The SMILES string of the molecule is Cc1ccc(N(c2ccccc2)c2ccc3c(c2)oc2cc(N(c4ccccc4)c4ccc(C)cc4)c4ccccc4c23)cc1. The highest BCUT2D eigenvalue weighted by atomic mass is 16.3. The van der Waals surface area contributed by atoms with Crippen LogP contribution < -0.4 is 9.80 Å². The fourth-order valence-electron chi connectivity index (χ4n) is 6.35. The minimum atomic E-state index is 0.861. The monoisotopic (exact) mass is 580 g/mol. The Morgan fingerprint density at radius 1 is 0.378 bits per heavy atom. The Labute approximate surface area is 263 Å². The summed E-state index contributed by atoms with van der Waals surface area (Å²) in [6, 6.07) is 55.9. The molecule has 7 aromatic carbocycles. The van der Waals surface area contributed by atoms with Gasteiger partial charge in [0.25, 0.3) is 0 Å². The molecule has 0 radical (unpaired) electrons. The van der Waals surface area contributed by atoms with Crippen molar-refractivity contribution in [2.75, 3.05) is 9.80 Å². The van der Waals surface area contributed by atoms with E-state index in [2.05, 4.69) is 181 Å². The molecule has 0 amide bonds. The predicted octanol–water partition coefficient (Wildman–Crippen LogP) is 12.3. The normalized spacial score (nSPS) is 11.3. The summed E-state index contributed by atoms with van der Waals surface area (Å²) < 4.78 is 6.77. The van der Waals surface area contributed by atoms with E-state index in [1.54, 1.807) is 0 Å². The van der Waals surface area contributed by atoms with E-state index in [1.807, 2.05) is 0 Å². The lowest BCUT2D eigenvalue weighted by Crippen LogP contribution is -2.10. The summed E-state index contributed by atoms with van der Waals surface area (Å²) in [7, 11) is 0. The van der Waals surface area contributed by atoms with Crippen molar-refractivity contribution in [2.24, 2.45) is 0 Å². The van der Waals surface area contributed by atoms with Gasteiger partial charge in [-0.15, -0.1) is 0 Å². The zero-order valence-electron chi connectivity index (χ0n) is 25.3.